The minimum Gasteiger partial charge on any atom is -0.484 e. The summed E-state index contributed by atoms with van der Waals surface area (Å²) in [5, 5.41) is 8.39. The number of rotatable bonds is 5. The lowest BCUT2D eigenvalue weighted by Gasteiger charge is -2.04. The Morgan fingerprint density at radius 1 is 1.50 bits per heavy atom. The summed E-state index contributed by atoms with van der Waals surface area (Å²) >= 11 is 5.74. The Morgan fingerprint density at radius 3 is 2.90 bits per heavy atom. The smallest absolute Gasteiger partial charge is 0.277 e. The molecule has 0 unspecified atom stereocenters. The first kappa shape index (κ1) is 14.1. The highest BCUT2D eigenvalue weighted by Crippen LogP contribution is 2.15. The molecular formula is C13H13ClN4O2. The number of hydrogen-bond acceptors (Lipinski definition) is 4. The first-order valence-corrected chi connectivity index (χ1v) is 6.20. The minimum absolute atomic E-state index is 0.119. The lowest BCUT2D eigenvalue weighted by molar-refractivity contribution is -0.123. The van der Waals surface area contributed by atoms with Gasteiger partial charge in [-0.3, -0.25) is 9.48 Å². The van der Waals surface area contributed by atoms with Crippen molar-refractivity contribution in [2.24, 2.45) is 12.1 Å². The van der Waals surface area contributed by atoms with Gasteiger partial charge in [0.2, 0.25) is 0 Å². The van der Waals surface area contributed by atoms with Crippen LogP contribution >= 0.6 is 11.6 Å². The first-order chi connectivity index (χ1) is 9.63. The number of benzene rings is 1. The maximum atomic E-state index is 11.5. The molecule has 0 spiro atoms. The second kappa shape index (κ2) is 6.72. The topological polar surface area (TPSA) is 68.5 Å². The number of nitrogens with one attached hydrogen (secondary N) is 1. The molecule has 0 fully saturated rings. The molecule has 1 aromatic heterocycles. The highest BCUT2D eigenvalue weighted by Gasteiger charge is 2.01. The normalized spacial score (nSPS) is 10.7. The van der Waals surface area contributed by atoms with Gasteiger partial charge in [-0.1, -0.05) is 11.6 Å². The van der Waals surface area contributed by atoms with Crippen molar-refractivity contribution >= 4 is 23.7 Å². The quantitative estimate of drug-likeness (QED) is 0.672. The van der Waals surface area contributed by atoms with Crippen LogP contribution < -0.4 is 10.2 Å². The summed E-state index contributed by atoms with van der Waals surface area (Å²) in [6, 6.07) is 6.76. The predicted octanol–water partition coefficient (Wildman–Crippen LogP) is 1.60. The van der Waals surface area contributed by atoms with E-state index >= 15 is 0 Å². The second-order valence-corrected chi connectivity index (χ2v) is 4.42. The van der Waals surface area contributed by atoms with Gasteiger partial charge in [0.05, 0.1) is 12.4 Å². The average molecular weight is 293 g/mol. The Kier molecular flexibility index (Phi) is 4.73. The van der Waals surface area contributed by atoms with E-state index in [-0.39, 0.29) is 12.5 Å². The Labute approximate surface area is 121 Å². The molecule has 1 heterocycles. The van der Waals surface area contributed by atoms with Crippen LogP contribution in [0.2, 0.25) is 5.02 Å². The van der Waals surface area contributed by atoms with Gasteiger partial charge in [0.1, 0.15) is 5.75 Å². The van der Waals surface area contributed by atoms with Crippen LogP contribution in [0.15, 0.2) is 41.8 Å². The van der Waals surface area contributed by atoms with Crippen molar-refractivity contribution in [2.75, 3.05) is 6.61 Å². The fourth-order valence-electron chi connectivity index (χ4n) is 1.40. The largest absolute Gasteiger partial charge is 0.484 e. The van der Waals surface area contributed by atoms with E-state index < -0.39 is 0 Å². The fourth-order valence-corrected chi connectivity index (χ4v) is 1.52. The predicted molar refractivity (Wildman–Crippen MR) is 75.9 cm³/mol. The maximum Gasteiger partial charge on any atom is 0.277 e. The molecule has 0 aliphatic rings. The molecule has 0 aliphatic heterocycles. The molecule has 1 amide bonds. The van der Waals surface area contributed by atoms with Gasteiger partial charge in [0.25, 0.3) is 5.91 Å². The van der Waals surface area contributed by atoms with Crippen LogP contribution in [0.4, 0.5) is 0 Å². The van der Waals surface area contributed by atoms with Gasteiger partial charge in [-0.15, -0.1) is 0 Å². The summed E-state index contributed by atoms with van der Waals surface area (Å²) in [5.74, 6) is 0.223. The van der Waals surface area contributed by atoms with Crippen LogP contribution in [0.25, 0.3) is 0 Å². The third-order valence-electron chi connectivity index (χ3n) is 2.31. The van der Waals surface area contributed by atoms with E-state index in [9.17, 15) is 4.79 Å². The molecule has 2 aromatic rings. The molecule has 1 aromatic carbocycles. The van der Waals surface area contributed by atoms with E-state index in [4.69, 9.17) is 16.3 Å². The van der Waals surface area contributed by atoms with Crippen molar-refractivity contribution < 1.29 is 9.53 Å². The number of carbonyl (C=O) groups is 1. The highest BCUT2D eigenvalue weighted by molar-refractivity contribution is 6.30. The summed E-state index contributed by atoms with van der Waals surface area (Å²) < 4.78 is 6.91. The van der Waals surface area contributed by atoms with Crippen molar-refractivity contribution in [1.82, 2.24) is 15.2 Å². The average Bonchev–Trinajstić information content (AvgIpc) is 2.84. The molecule has 0 radical (unpaired) electrons. The number of aryl methyl sites for hydroxylation is 1. The summed E-state index contributed by atoms with van der Waals surface area (Å²) in [5.41, 5.74) is 3.16. The molecule has 20 heavy (non-hydrogen) atoms. The number of halogens is 1. The van der Waals surface area contributed by atoms with Crippen molar-refractivity contribution in [1.29, 1.82) is 0 Å². The summed E-state index contributed by atoms with van der Waals surface area (Å²) in [7, 11) is 1.80. The third-order valence-corrected chi connectivity index (χ3v) is 2.56. The molecular weight excluding hydrogens is 280 g/mol. The van der Waals surface area contributed by atoms with Gasteiger partial charge in [0, 0.05) is 23.8 Å². The summed E-state index contributed by atoms with van der Waals surface area (Å²) in [6.07, 6.45) is 4.92. The Balaban J connectivity index is 1.75. The monoisotopic (exact) mass is 292 g/mol. The van der Waals surface area contributed by atoms with E-state index in [1.165, 1.54) is 6.21 Å². The molecule has 0 saturated carbocycles. The Bertz CT molecular complexity index is 607. The maximum absolute atomic E-state index is 11.5. The Morgan fingerprint density at radius 2 is 2.25 bits per heavy atom. The minimum atomic E-state index is -0.347. The van der Waals surface area contributed by atoms with Crippen LogP contribution in [0, 0.1) is 0 Å². The van der Waals surface area contributed by atoms with Gasteiger partial charge >= 0.3 is 0 Å². The molecule has 104 valence electrons. The number of amides is 1. The number of aromatic nitrogens is 2. The molecule has 0 aliphatic carbocycles. The fraction of sp³-hybridized carbons (Fsp3) is 0.154. The molecule has 0 bridgehead atoms. The highest BCUT2D eigenvalue weighted by atomic mass is 35.5. The second-order valence-electron chi connectivity index (χ2n) is 3.98. The zero-order valence-corrected chi connectivity index (χ0v) is 11.5. The summed E-state index contributed by atoms with van der Waals surface area (Å²) in [4.78, 5) is 11.5. The van der Waals surface area contributed by atoms with Gasteiger partial charge < -0.3 is 4.74 Å². The zero-order chi connectivity index (χ0) is 14.4. The SMILES string of the molecule is Cn1cc(/C=N/NC(=O)COc2ccc(Cl)cc2)cn1. The van der Waals surface area contributed by atoms with Crippen molar-refractivity contribution in [3.63, 3.8) is 0 Å². The molecule has 1 N–H and O–H groups in total. The van der Waals surface area contributed by atoms with Crippen LogP contribution in [0.5, 0.6) is 5.75 Å². The van der Waals surface area contributed by atoms with E-state index in [1.54, 1.807) is 48.4 Å². The van der Waals surface area contributed by atoms with Crippen LogP contribution in [0.1, 0.15) is 5.56 Å². The van der Waals surface area contributed by atoms with Crippen LogP contribution in [-0.4, -0.2) is 28.5 Å². The molecule has 0 atom stereocenters. The first-order valence-electron chi connectivity index (χ1n) is 5.82. The van der Waals surface area contributed by atoms with E-state index in [0.717, 1.165) is 5.56 Å². The number of carbonyl (C=O) groups excluding carboxylic acids is 1. The van der Waals surface area contributed by atoms with E-state index in [0.29, 0.717) is 10.8 Å². The zero-order valence-electron chi connectivity index (χ0n) is 10.8. The van der Waals surface area contributed by atoms with Gasteiger partial charge in [0.15, 0.2) is 6.61 Å². The lowest BCUT2D eigenvalue weighted by atomic mass is 10.3. The number of nitrogens with zero attached hydrogens (tertiary/aromatic N) is 3. The molecule has 2 rings (SSSR count). The van der Waals surface area contributed by atoms with Gasteiger partial charge in [-0.05, 0) is 24.3 Å². The summed E-state index contributed by atoms with van der Waals surface area (Å²) in [6.45, 7) is -0.119. The van der Waals surface area contributed by atoms with Crippen molar-refractivity contribution in [2.45, 2.75) is 0 Å². The number of hydrogen-bond donors (Lipinski definition) is 1. The Hall–Kier alpha value is -2.34. The molecule has 6 nitrogen and oxygen atoms in total. The lowest BCUT2D eigenvalue weighted by Crippen LogP contribution is -2.24. The van der Waals surface area contributed by atoms with E-state index in [1.807, 2.05) is 0 Å². The van der Waals surface area contributed by atoms with Crippen LogP contribution in [-0.2, 0) is 11.8 Å². The van der Waals surface area contributed by atoms with Crippen molar-refractivity contribution in [3.05, 3.63) is 47.2 Å². The number of ether oxygens (including phenoxy) is 1. The number of hydrazone groups is 1. The van der Waals surface area contributed by atoms with Crippen molar-refractivity contribution in [3.8, 4) is 5.75 Å². The van der Waals surface area contributed by atoms with E-state index in [2.05, 4.69) is 15.6 Å². The third kappa shape index (κ3) is 4.40. The standard InChI is InChI=1S/C13H13ClN4O2/c1-18-8-10(7-16-18)6-15-17-13(19)9-20-12-4-2-11(14)3-5-12/h2-8H,9H2,1H3,(H,17,19)/b15-6+. The van der Waals surface area contributed by atoms with Crippen LogP contribution in [0.3, 0.4) is 0 Å². The van der Waals surface area contributed by atoms with Gasteiger partial charge in [-0.2, -0.15) is 10.2 Å². The molecule has 0 saturated heterocycles. The van der Waals surface area contributed by atoms with Gasteiger partial charge in [-0.25, -0.2) is 5.43 Å². The molecule has 7 heteroatoms.